The van der Waals surface area contributed by atoms with Crippen molar-refractivity contribution < 1.29 is 0 Å². The summed E-state index contributed by atoms with van der Waals surface area (Å²) in [6.45, 7) is 10.6. The summed E-state index contributed by atoms with van der Waals surface area (Å²) in [5.74, 6) is 1.02. The van der Waals surface area contributed by atoms with Gasteiger partial charge in [0.05, 0.1) is 6.54 Å². The summed E-state index contributed by atoms with van der Waals surface area (Å²) in [4.78, 5) is 41.6. The van der Waals surface area contributed by atoms with E-state index in [-0.39, 0.29) is 6.54 Å². The Balaban J connectivity index is 2.22. The second kappa shape index (κ2) is 7.67. The van der Waals surface area contributed by atoms with Crippen molar-refractivity contribution in [1.29, 1.82) is 0 Å². The molecule has 0 atom stereocenters. The van der Waals surface area contributed by atoms with Crippen molar-refractivity contribution in [2.24, 2.45) is 12.8 Å². The zero-order chi connectivity index (χ0) is 22.4. The number of aromatic nitrogens is 6. The van der Waals surface area contributed by atoms with Crippen molar-refractivity contribution >= 4 is 17.1 Å². The SMILES string of the molecule is CCn1c(N(C)CC(C)(C)N)nc2c1c(=O)n(Cc1nc(C)cc(C)n1)c(=O)n2C. The van der Waals surface area contributed by atoms with E-state index in [2.05, 4.69) is 15.0 Å². The molecule has 0 aliphatic heterocycles. The number of imidazole rings is 1. The molecule has 0 bridgehead atoms. The Kier molecular flexibility index (Phi) is 5.55. The zero-order valence-corrected chi connectivity index (χ0v) is 18.7. The first-order chi connectivity index (χ1) is 13.9. The van der Waals surface area contributed by atoms with Crippen LogP contribution in [-0.2, 0) is 20.1 Å². The third kappa shape index (κ3) is 4.00. The van der Waals surface area contributed by atoms with Gasteiger partial charge in [-0.2, -0.15) is 4.98 Å². The molecule has 0 unspecified atom stereocenters. The number of aryl methyl sites for hydroxylation is 4. The molecular formula is C20H30N8O2. The summed E-state index contributed by atoms with van der Waals surface area (Å²) in [5, 5.41) is 0. The predicted octanol–water partition coefficient (Wildman–Crippen LogP) is 0.545. The highest BCUT2D eigenvalue weighted by Gasteiger charge is 2.24. The number of nitrogens with two attached hydrogens (primary N) is 1. The minimum absolute atomic E-state index is 0.000134. The highest BCUT2D eigenvalue weighted by molar-refractivity contribution is 5.74. The fourth-order valence-electron chi connectivity index (χ4n) is 3.78. The predicted molar refractivity (Wildman–Crippen MR) is 117 cm³/mol. The molecule has 2 N–H and O–H groups in total. The number of nitrogens with zero attached hydrogens (tertiary/aromatic N) is 7. The van der Waals surface area contributed by atoms with E-state index in [0.717, 1.165) is 11.4 Å². The van der Waals surface area contributed by atoms with Gasteiger partial charge in [0.25, 0.3) is 5.56 Å². The Bertz CT molecular complexity index is 1190. The molecule has 0 aliphatic rings. The van der Waals surface area contributed by atoms with Crippen LogP contribution in [0.1, 0.15) is 38.0 Å². The first-order valence-corrected chi connectivity index (χ1v) is 9.94. The van der Waals surface area contributed by atoms with Crippen LogP contribution in [0.4, 0.5) is 5.95 Å². The number of hydrogen-bond donors (Lipinski definition) is 1. The lowest BCUT2D eigenvalue weighted by Gasteiger charge is -2.27. The maximum absolute atomic E-state index is 13.4. The number of likely N-dealkylation sites (N-methyl/N-ethyl adjacent to an activating group) is 1. The topological polar surface area (TPSA) is 117 Å². The van der Waals surface area contributed by atoms with Crippen molar-refractivity contribution in [3.05, 3.63) is 44.1 Å². The van der Waals surface area contributed by atoms with Crippen LogP contribution in [0.5, 0.6) is 0 Å². The highest BCUT2D eigenvalue weighted by atomic mass is 16.2. The maximum Gasteiger partial charge on any atom is 0.332 e. The number of rotatable bonds is 6. The fourth-order valence-corrected chi connectivity index (χ4v) is 3.78. The lowest BCUT2D eigenvalue weighted by Crippen LogP contribution is -2.44. The van der Waals surface area contributed by atoms with Crippen LogP contribution in [0, 0.1) is 13.8 Å². The lowest BCUT2D eigenvalue weighted by atomic mass is 10.1. The molecule has 0 aromatic carbocycles. The van der Waals surface area contributed by atoms with E-state index >= 15 is 0 Å². The number of hydrogen-bond acceptors (Lipinski definition) is 7. The second-order valence-electron chi connectivity index (χ2n) is 8.47. The standard InChI is InChI=1S/C20H30N8O2/c1-8-27-15-16(24-18(27)25(6)11-20(4,5)21)26(7)19(30)28(17(15)29)10-14-22-12(2)9-13(3)23-14/h9H,8,10-11,21H2,1-7H3. The van der Waals surface area contributed by atoms with Crippen LogP contribution < -0.4 is 21.9 Å². The molecule has 10 nitrogen and oxygen atoms in total. The normalized spacial score (nSPS) is 12.0. The van der Waals surface area contributed by atoms with Crippen LogP contribution in [0.15, 0.2) is 15.7 Å². The zero-order valence-electron chi connectivity index (χ0n) is 18.7. The van der Waals surface area contributed by atoms with Gasteiger partial charge < -0.3 is 15.2 Å². The first-order valence-electron chi connectivity index (χ1n) is 9.94. The van der Waals surface area contributed by atoms with Crippen LogP contribution in [0.25, 0.3) is 11.2 Å². The molecule has 0 amide bonds. The summed E-state index contributed by atoms with van der Waals surface area (Å²) < 4.78 is 4.39. The summed E-state index contributed by atoms with van der Waals surface area (Å²) >= 11 is 0. The molecule has 0 saturated carbocycles. The van der Waals surface area contributed by atoms with Crippen molar-refractivity contribution in [3.8, 4) is 0 Å². The van der Waals surface area contributed by atoms with Gasteiger partial charge in [0.1, 0.15) is 5.82 Å². The molecule has 3 aromatic rings. The van der Waals surface area contributed by atoms with E-state index < -0.39 is 16.8 Å². The average Bonchev–Trinajstić information content (AvgIpc) is 3.01. The third-order valence-electron chi connectivity index (χ3n) is 4.84. The van der Waals surface area contributed by atoms with E-state index in [1.54, 1.807) is 7.05 Å². The summed E-state index contributed by atoms with van der Waals surface area (Å²) in [5.41, 5.74) is 7.16. The summed E-state index contributed by atoms with van der Waals surface area (Å²) in [6, 6.07) is 1.85. The molecule has 3 aromatic heterocycles. The summed E-state index contributed by atoms with van der Waals surface area (Å²) in [7, 11) is 3.49. The summed E-state index contributed by atoms with van der Waals surface area (Å²) in [6.07, 6.45) is 0. The molecule has 10 heteroatoms. The van der Waals surface area contributed by atoms with Crippen molar-refractivity contribution in [1.82, 2.24) is 28.7 Å². The molecule has 0 saturated heterocycles. The Morgan fingerprint density at radius 2 is 1.70 bits per heavy atom. The van der Waals surface area contributed by atoms with E-state index in [4.69, 9.17) is 5.73 Å². The Morgan fingerprint density at radius 3 is 2.23 bits per heavy atom. The van der Waals surface area contributed by atoms with Gasteiger partial charge in [-0.05, 0) is 40.7 Å². The third-order valence-corrected chi connectivity index (χ3v) is 4.84. The quantitative estimate of drug-likeness (QED) is 0.626. The van der Waals surface area contributed by atoms with Crippen LogP contribution in [0.3, 0.4) is 0 Å². The van der Waals surface area contributed by atoms with Gasteiger partial charge >= 0.3 is 5.69 Å². The largest absolute Gasteiger partial charge is 0.343 e. The van der Waals surface area contributed by atoms with Crippen molar-refractivity contribution in [3.63, 3.8) is 0 Å². The number of fused-ring (bicyclic) bond motifs is 1. The molecular weight excluding hydrogens is 384 g/mol. The van der Waals surface area contributed by atoms with Gasteiger partial charge in [-0.15, -0.1) is 0 Å². The Labute approximate surface area is 175 Å². The molecule has 0 radical (unpaired) electrons. The molecule has 162 valence electrons. The van der Waals surface area contributed by atoms with Gasteiger partial charge in [0.2, 0.25) is 5.95 Å². The van der Waals surface area contributed by atoms with E-state index in [1.807, 2.05) is 57.2 Å². The molecule has 30 heavy (non-hydrogen) atoms. The van der Waals surface area contributed by atoms with Crippen LogP contribution in [-0.4, -0.2) is 47.8 Å². The van der Waals surface area contributed by atoms with Gasteiger partial charge in [0, 0.05) is 44.1 Å². The van der Waals surface area contributed by atoms with Gasteiger partial charge in [-0.25, -0.2) is 14.8 Å². The van der Waals surface area contributed by atoms with Gasteiger partial charge in [0.15, 0.2) is 11.2 Å². The van der Waals surface area contributed by atoms with E-state index in [0.29, 0.717) is 36.0 Å². The molecule has 3 heterocycles. The van der Waals surface area contributed by atoms with E-state index in [9.17, 15) is 9.59 Å². The molecule has 0 spiro atoms. The Morgan fingerprint density at radius 1 is 1.10 bits per heavy atom. The second-order valence-corrected chi connectivity index (χ2v) is 8.47. The minimum atomic E-state index is -0.454. The molecule has 0 aliphatic carbocycles. The van der Waals surface area contributed by atoms with Gasteiger partial charge in [-0.1, -0.05) is 0 Å². The first kappa shape index (κ1) is 21.7. The fraction of sp³-hybridized carbons (Fsp3) is 0.550. The average molecular weight is 415 g/mol. The van der Waals surface area contributed by atoms with Crippen LogP contribution in [0.2, 0.25) is 0 Å². The number of anilines is 1. The molecule has 3 rings (SSSR count). The van der Waals surface area contributed by atoms with Crippen molar-refractivity contribution in [2.45, 2.75) is 53.2 Å². The van der Waals surface area contributed by atoms with Crippen molar-refractivity contribution in [2.75, 3.05) is 18.5 Å². The highest BCUT2D eigenvalue weighted by Crippen LogP contribution is 2.19. The minimum Gasteiger partial charge on any atom is -0.343 e. The maximum atomic E-state index is 13.4. The van der Waals surface area contributed by atoms with Gasteiger partial charge in [-0.3, -0.25) is 13.9 Å². The van der Waals surface area contributed by atoms with E-state index in [1.165, 1.54) is 9.13 Å². The van der Waals surface area contributed by atoms with Crippen LogP contribution >= 0.6 is 0 Å². The lowest BCUT2D eigenvalue weighted by molar-refractivity contribution is 0.511. The molecule has 0 fully saturated rings. The smallest absolute Gasteiger partial charge is 0.332 e. The monoisotopic (exact) mass is 414 g/mol. The Hall–Kier alpha value is -3.01.